The van der Waals surface area contributed by atoms with Crippen LogP contribution in [-0.4, -0.2) is 26.6 Å². The van der Waals surface area contributed by atoms with Crippen molar-refractivity contribution < 1.29 is 10.2 Å². The molecule has 1 heterocycles. The van der Waals surface area contributed by atoms with Crippen molar-refractivity contribution in [1.82, 2.24) is 4.98 Å². The fourth-order valence-electron chi connectivity index (χ4n) is 1.06. The predicted molar refractivity (Wildman–Crippen MR) is 61.0 cm³/mol. The Bertz CT molecular complexity index is 284. The highest BCUT2D eigenvalue weighted by Crippen LogP contribution is 2.26. The SMILES string of the molecule is Cc1nc(C(O)C(O)CCBr)sc1C. The quantitative estimate of drug-likeness (QED) is 0.829. The van der Waals surface area contributed by atoms with Crippen molar-refractivity contribution in [1.29, 1.82) is 0 Å². The van der Waals surface area contributed by atoms with Crippen molar-refractivity contribution in [2.45, 2.75) is 32.5 Å². The van der Waals surface area contributed by atoms with Crippen LogP contribution in [-0.2, 0) is 0 Å². The van der Waals surface area contributed by atoms with Gasteiger partial charge in [-0.1, -0.05) is 15.9 Å². The molecule has 0 bridgehead atoms. The zero-order valence-corrected chi connectivity index (χ0v) is 10.6. The second-order valence-corrected chi connectivity index (χ2v) is 5.21. The van der Waals surface area contributed by atoms with Crippen molar-refractivity contribution in [2.75, 3.05) is 5.33 Å². The third-order valence-electron chi connectivity index (χ3n) is 2.07. The minimum atomic E-state index is -0.857. The first-order chi connectivity index (χ1) is 6.56. The van der Waals surface area contributed by atoms with Gasteiger partial charge in [-0.15, -0.1) is 11.3 Å². The van der Waals surface area contributed by atoms with Crippen LogP contribution in [0.4, 0.5) is 0 Å². The smallest absolute Gasteiger partial charge is 0.131 e. The number of aryl methyl sites for hydroxylation is 2. The van der Waals surface area contributed by atoms with Crippen LogP contribution in [0.15, 0.2) is 0 Å². The average molecular weight is 280 g/mol. The zero-order valence-electron chi connectivity index (χ0n) is 8.20. The predicted octanol–water partition coefficient (Wildman–Crippen LogP) is 1.94. The van der Waals surface area contributed by atoms with Gasteiger partial charge in [0.25, 0.3) is 0 Å². The van der Waals surface area contributed by atoms with Gasteiger partial charge in [0.2, 0.25) is 0 Å². The lowest BCUT2D eigenvalue weighted by Gasteiger charge is -2.13. The lowest BCUT2D eigenvalue weighted by molar-refractivity contribution is 0.0172. The molecule has 0 amide bonds. The van der Waals surface area contributed by atoms with Crippen LogP contribution in [0.2, 0.25) is 0 Å². The summed E-state index contributed by atoms with van der Waals surface area (Å²) in [6.45, 7) is 3.86. The van der Waals surface area contributed by atoms with E-state index >= 15 is 0 Å². The molecule has 0 fully saturated rings. The van der Waals surface area contributed by atoms with E-state index in [9.17, 15) is 10.2 Å². The molecule has 0 radical (unpaired) electrons. The minimum Gasteiger partial charge on any atom is -0.390 e. The summed E-state index contributed by atoms with van der Waals surface area (Å²) >= 11 is 4.66. The highest BCUT2D eigenvalue weighted by Gasteiger charge is 2.21. The first-order valence-electron chi connectivity index (χ1n) is 4.42. The standard InChI is InChI=1S/C9H14BrNO2S/c1-5-6(2)14-9(11-5)8(13)7(12)3-4-10/h7-8,12-13H,3-4H2,1-2H3. The number of aliphatic hydroxyl groups excluding tert-OH is 2. The van der Waals surface area contributed by atoms with Gasteiger partial charge in [0, 0.05) is 10.2 Å². The molecule has 0 aromatic carbocycles. The molecular weight excluding hydrogens is 266 g/mol. The maximum atomic E-state index is 9.74. The lowest BCUT2D eigenvalue weighted by Crippen LogP contribution is -2.18. The summed E-state index contributed by atoms with van der Waals surface area (Å²) in [5.41, 5.74) is 0.926. The molecule has 5 heteroatoms. The van der Waals surface area contributed by atoms with Crippen molar-refractivity contribution in [3.8, 4) is 0 Å². The molecule has 2 atom stereocenters. The monoisotopic (exact) mass is 279 g/mol. The van der Waals surface area contributed by atoms with Gasteiger partial charge in [-0.25, -0.2) is 4.98 Å². The van der Waals surface area contributed by atoms with Gasteiger partial charge in [-0.3, -0.25) is 0 Å². The summed E-state index contributed by atoms with van der Waals surface area (Å²) in [5.74, 6) is 0. The summed E-state index contributed by atoms with van der Waals surface area (Å²) in [4.78, 5) is 5.29. The molecule has 0 aliphatic rings. The summed E-state index contributed by atoms with van der Waals surface area (Å²) in [5, 5.41) is 20.6. The van der Waals surface area contributed by atoms with E-state index in [2.05, 4.69) is 20.9 Å². The Morgan fingerprint density at radius 3 is 2.50 bits per heavy atom. The van der Waals surface area contributed by atoms with E-state index in [0.717, 1.165) is 10.6 Å². The number of hydrogen-bond acceptors (Lipinski definition) is 4. The van der Waals surface area contributed by atoms with E-state index in [1.807, 2.05) is 13.8 Å². The van der Waals surface area contributed by atoms with E-state index in [4.69, 9.17) is 0 Å². The number of halogens is 1. The Morgan fingerprint density at radius 1 is 1.43 bits per heavy atom. The van der Waals surface area contributed by atoms with Gasteiger partial charge >= 0.3 is 0 Å². The molecule has 1 rings (SSSR count). The Hall–Kier alpha value is 0.0300. The van der Waals surface area contributed by atoms with Gasteiger partial charge < -0.3 is 10.2 Å². The molecule has 80 valence electrons. The number of hydrogen-bond donors (Lipinski definition) is 2. The average Bonchev–Trinajstić information content (AvgIpc) is 2.46. The van der Waals surface area contributed by atoms with Crippen molar-refractivity contribution >= 4 is 27.3 Å². The number of aromatic nitrogens is 1. The zero-order chi connectivity index (χ0) is 10.7. The van der Waals surface area contributed by atoms with E-state index in [1.165, 1.54) is 11.3 Å². The summed E-state index contributed by atoms with van der Waals surface area (Å²) in [7, 11) is 0. The van der Waals surface area contributed by atoms with Crippen LogP contribution < -0.4 is 0 Å². The van der Waals surface area contributed by atoms with Gasteiger partial charge in [0.15, 0.2) is 0 Å². The molecule has 3 nitrogen and oxygen atoms in total. The number of rotatable bonds is 4. The second kappa shape index (κ2) is 5.21. The Labute approximate surface area is 95.9 Å². The number of aliphatic hydroxyl groups is 2. The van der Waals surface area contributed by atoms with Crippen LogP contribution in [0, 0.1) is 13.8 Å². The molecule has 0 saturated carbocycles. The van der Waals surface area contributed by atoms with E-state index in [-0.39, 0.29) is 0 Å². The van der Waals surface area contributed by atoms with Crippen LogP contribution in [0.3, 0.4) is 0 Å². The maximum absolute atomic E-state index is 9.74. The normalized spacial score (nSPS) is 15.5. The number of alkyl halides is 1. The van der Waals surface area contributed by atoms with E-state index in [0.29, 0.717) is 16.8 Å². The Morgan fingerprint density at radius 2 is 2.07 bits per heavy atom. The summed E-state index contributed by atoms with van der Waals surface area (Å²) in [6.07, 6.45) is -1.07. The molecule has 1 aromatic heterocycles. The van der Waals surface area contributed by atoms with Crippen molar-refractivity contribution in [3.05, 3.63) is 15.6 Å². The molecule has 2 N–H and O–H groups in total. The largest absolute Gasteiger partial charge is 0.390 e. The molecule has 14 heavy (non-hydrogen) atoms. The molecule has 0 spiro atoms. The second-order valence-electron chi connectivity index (χ2n) is 3.18. The third kappa shape index (κ3) is 2.76. The maximum Gasteiger partial charge on any atom is 0.131 e. The molecule has 0 saturated heterocycles. The Kier molecular flexibility index (Phi) is 4.50. The lowest BCUT2D eigenvalue weighted by atomic mass is 10.2. The highest BCUT2D eigenvalue weighted by molar-refractivity contribution is 9.09. The number of thiazole rings is 1. The van der Waals surface area contributed by atoms with Crippen LogP contribution in [0.1, 0.15) is 28.1 Å². The molecule has 1 aromatic rings. The topological polar surface area (TPSA) is 53.4 Å². The van der Waals surface area contributed by atoms with Gasteiger partial charge in [0.05, 0.1) is 11.8 Å². The van der Waals surface area contributed by atoms with E-state index in [1.54, 1.807) is 0 Å². The van der Waals surface area contributed by atoms with E-state index < -0.39 is 12.2 Å². The van der Waals surface area contributed by atoms with Gasteiger partial charge in [-0.2, -0.15) is 0 Å². The number of nitrogens with zero attached hydrogens (tertiary/aromatic N) is 1. The first kappa shape index (κ1) is 12.1. The third-order valence-corrected chi connectivity index (χ3v) is 3.67. The molecular formula is C9H14BrNO2S. The van der Waals surface area contributed by atoms with Crippen LogP contribution in [0.25, 0.3) is 0 Å². The van der Waals surface area contributed by atoms with Crippen LogP contribution >= 0.6 is 27.3 Å². The fraction of sp³-hybridized carbons (Fsp3) is 0.667. The fourth-order valence-corrected chi connectivity index (χ4v) is 2.49. The van der Waals surface area contributed by atoms with Crippen molar-refractivity contribution in [3.63, 3.8) is 0 Å². The molecule has 0 aliphatic heterocycles. The molecule has 2 unspecified atom stereocenters. The van der Waals surface area contributed by atoms with Crippen molar-refractivity contribution in [2.24, 2.45) is 0 Å². The first-order valence-corrected chi connectivity index (χ1v) is 6.36. The highest BCUT2D eigenvalue weighted by atomic mass is 79.9. The minimum absolute atomic E-state index is 0.527. The summed E-state index contributed by atoms with van der Waals surface area (Å²) in [6, 6.07) is 0. The van der Waals surface area contributed by atoms with Crippen LogP contribution in [0.5, 0.6) is 0 Å². The molecule has 0 aliphatic carbocycles. The van der Waals surface area contributed by atoms with Gasteiger partial charge in [0.1, 0.15) is 11.1 Å². The van der Waals surface area contributed by atoms with Gasteiger partial charge in [-0.05, 0) is 20.3 Å². The Balaban J connectivity index is 2.73. The summed E-state index contributed by atoms with van der Waals surface area (Å²) < 4.78 is 0.